The molecule has 2 amide bonds. The minimum absolute atomic E-state index is 0.0853. The van der Waals surface area contributed by atoms with Crippen LogP contribution in [0.25, 0.3) is 0 Å². The van der Waals surface area contributed by atoms with Crippen molar-refractivity contribution in [2.24, 2.45) is 0 Å². The number of likely N-dealkylation sites (N-methyl/N-ethyl adjacent to an activating group) is 2. The normalized spacial score (nSPS) is 11.1. The first-order chi connectivity index (χ1) is 10.1. The van der Waals surface area contributed by atoms with Crippen molar-refractivity contribution in [3.8, 4) is 0 Å². The van der Waals surface area contributed by atoms with E-state index in [0.29, 0.717) is 0 Å². The number of carbonyl (C=O) groups is 2. The van der Waals surface area contributed by atoms with E-state index in [9.17, 15) is 22.8 Å². The molecule has 0 aromatic carbocycles. The SMILES string of the molecule is C=CC(=O)N(C)CC(=O)N(C)Cc1nccn1CC(F)(F)F. The largest absolute Gasteiger partial charge is 0.406 e. The van der Waals surface area contributed by atoms with Gasteiger partial charge in [-0.05, 0) is 6.08 Å². The first-order valence-electron chi connectivity index (χ1n) is 6.32. The lowest BCUT2D eigenvalue weighted by Gasteiger charge is -2.21. The van der Waals surface area contributed by atoms with Crippen LogP contribution in [-0.2, 0) is 22.7 Å². The van der Waals surface area contributed by atoms with Crippen LogP contribution in [0.4, 0.5) is 13.2 Å². The van der Waals surface area contributed by atoms with E-state index in [1.165, 1.54) is 31.4 Å². The fourth-order valence-electron chi connectivity index (χ4n) is 1.69. The molecule has 0 fully saturated rings. The molecule has 0 unspecified atom stereocenters. The van der Waals surface area contributed by atoms with E-state index < -0.39 is 24.5 Å². The van der Waals surface area contributed by atoms with Gasteiger partial charge in [-0.15, -0.1) is 0 Å². The summed E-state index contributed by atoms with van der Waals surface area (Å²) in [5.74, 6) is -0.717. The average Bonchev–Trinajstić information content (AvgIpc) is 2.82. The number of imidazole rings is 1. The fourth-order valence-corrected chi connectivity index (χ4v) is 1.69. The van der Waals surface area contributed by atoms with Crippen molar-refractivity contribution in [2.45, 2.75) is 19.3 Å². The summed E-state index contributed by atoms with van der Waals surface area (Å²) in [4.78, 5) is 29.4. The molecule has 9 heteroatoms. The van der Waals surface area contributed by atoms with E-state index in [1.54, 1.807) is 0 Å². The molecular formula is C13H17F3N4O2. The monoisotopic (exact) mass is 318 g/mol. The van der Waals surface area contributed by atoms with Gasteiger partial charge >= 0.3 is 6.18 Å². The number of rotatable bonds is 6. The Morgan fingerprint density at radius 2 is 2.00 bits per heavy atom. The molecular weight excluding hydrogens is 301 g/mol. The molecule has 0 aliphatic rings. The lowest BCUT2D eigenvalue weighted by molar-refractivity contribution is -0.141. The number of nitrogens with zero attached hydrogens (tertiary/aromatic N) is 4. The van der Waals surface area contributed by atoms with Gasteiger partial charge in [0.05, 0.1) is 13.1 Å². The molecule has 0 spiro atoms. The van der Waals surface area contributed by atoms with Crippen LogP contribution in [0.2, 0.25) is 0 Å². The molecule has 0 N–H and O–H groups in total. The zero-order valence-corrected chi connectivity index (χ0v) is 12.3. The number of alkyl halides is 3. The minimum atomic E-state index is -4.37. The van der Waals surface area contributed by atoms with Crippen molar-refractivity contribution in [3.63, 3.8) is 0 Å². The van der Waals surface area contributed by atoms with E-state index in [2.05, 4.69) is 11.6 Å². The Labute approximate surface area is 125 Å². The number of carbonyl (C=O) groups excluding carboxylic acids is 2. The summed E-state index contributed by atoms with van der Waals surface area (Å²) in [6.45, 7) is 1.86. The quantitative estimate of drug-likeness (QED) is 0.737. The van der Waals surface area contributed by atoms with Crippen LogP contribution in [0.5, 0.6) is 0 Å². The van der Waals surface area contributed by atoms with Crippen molar-refractivity contribution in [1.29, 1.82) is 0 Å². The van der Waals surface area contributed by atoms with E-state index in [1.807, 2.05) is 0 Å². The van der Waals surface area contributed by atoms with E-state index >= 15 is 0 Å². The summed E-state index contributed by atoms with van der Waals surface area (Å²) in [5.41, 5.74) is 0. The summed E-state index contributed by atoms with van der Waals surface area (Å²) < 4.78 is 38.2. The highest BCUT2D eigenvalue weighted by Gasteiger charge is 2.29. The molecule has 6 nitrogen and oxygen atoms in total. The van der Waals surface area contributed by atoms with Crippen molar-refractivity contribution in [3.05, 3.63) is 30.9 Å². The second kappa shape index (κ2) is 7.10. The molecule has 1 heterocycles. The first-order valence-corrected chi connectivity index (χ1v) is 6.32. The Morgan fingerprint density at radius 3 is 2.55 bits per heavy atom. The second-order valence-corrected chi connectivity index (χ2v) is 4.73. The predicted molar refractivity (Wildman–Crippen MR) is 72.6 cm³/mol. The van der Waals surface area contributed by atoms with Gasteiger partial charge < -0.3 is 14.4 Å². The molecule has 0 atom stereocenters. The molecule has 0 aliphatic carbocycles. The number of amides is 2. The molecule has 0 aliphatic heterocycles. The third-order valence-corrected chi connectivity index (χ3v) is 2.88. The fraction of sp³-hybridized carbons (Fsp3) is 0.462. The molecule has 0 bridgehead atoms. The number of halogens is 3. The summed E-state index contributed by atoms with van der Waals surface area (Å²) in [6, 6.07) is 0. The van der Waals surface area contributed by atoms with Crippen molar-refractivity contribution in [1.82, 2.24) is 19.4 Å². The van der Waals surface area contributed by atoms with Crippen LogP contribution in [0, 0.1) is 0 Å². The average molecular weight is 318 g/mol. The van der Waals surface area contributed by atoms with Crippen LogP contribution >= 0.6 is 0 Å². The van der Waals surface area contributed by atoms with Gasteiger partial charge in [-0.2, -0.15) is 13.2 Å². The van der Waals surface area contributed by atoms with Gasteiger partial charge in [0.25, 0.3) is 0 Å². The van der Waals surface area contributed by atoms with E-state index in [4.69, 9.17) is 0 Å². The van der Waals surface area contributed by atoms with E-state index in [0.717, 1.165) is 15.5 Å². The Bertz CT molecular complexity index is 554. The molecule has 0 saturated heterocycles. The predicted octanol–water partition coefficient (Wildman–Crippen LogP) is 1.05. The smallest absolute Gasteiger partial charge is 0.337 e. The second-order valence-electron chi connectivity index (χ2n) is 4.73. The molecule has 1 aromatic rings. The zero-order valence-electron chi connectivity index (χ0n) is 12.3. The molecule has 1 rings (SSSR count). The van der Waals surface area contributed by atoms with Crippen molar-refractivity contribution < 1.29 is 22.8 Å². The third-order valence-electron chi connectivity index (χ3n) is 2.88. The summed E-state index contributed by atoms with van der Waals surface area (Å²) in [7, 11) is 2.86. The first kappa shape index (κ1) is 17.7. The van der Waals surface area contributed by atoms with Gasteiger partial charge in [0.2, 0.25) is 11.8 Å². The van der Waals surface area contributed by atoms with Crippen LogP contribution in [0.3, 0.4) is 0 Å². The van der Waals surface area contributed by atoms with E-state index in [-0.39, 0.29) is 18.9 Å². The van der Waals surface area contributed by atoms with Gasteiger partial charge in [-0.1, -0.05) is 6.58 Å². The summed E-state index contributed by atoms with van der Waals surface area (Å²) in [5, 5.41) is 0. The highest BCUT2D eigenvalue weighted by molar-refractivity contribution is 5.90. The number of hydrogen-bond donors (Lipinski definition) is 0. The lowest BCUT2D eigenvalue weighted by atomic mass is 10.4. The van der Waals surface area contributed by atoms with Crippen molar-refractivity contribution in [2.75, 3.05) is 20.6 Å². The van der Waals surface area contributed by atoms with Crippen LogP contribution in [-0.4, -0.2) is 58.0 Å². The number of aromatic nitrogens is 2. The Kier molecular flexibility index (Phi) is 5.72. The van der Waals surface area contributed by atoms with Crippen molar-refractivity contribution >= 4 is 11.8 Å². The summed E-state index contributed by atoms with van der Waals surface area (Å²) >= 11 is 0. The molecule has 0 radical (unpaired) electrons. The maximum absolute atomic E-state index is 12.4. The molecule has 0 saturated carbocycles. The zero-order chi connectivity index (χ0) is 16.9. The Hall–Kier alpha value is -2.32. The van der Waals surface area contributed by atoms with Crippen LogP contribution in [0.1, 0.15) is 5.82 Å². The summed E-state index contributed by atoms with van der Waals surface area (Å²) in [6.07, 6.45) is -0.848. The highest BCUT2D eigenvalue weighted by atomic mass is 19.4. The third kappa shape index (κ3) is 5.23. The maximum atomic E-state index is 12.4. The van der Waals surface area contributed by atoms with Crippen LogP contribution in [0.15, 0.2) is 25.0 Å². The topological polar surface area (TPSA) is 58.4 Å². The Morgan fingerprint density at radius 1 is 1.36 bits per heavy atom. The molecule has 1 aromatic heterocycles. The standard InChI is InChI=1S/C13H17F3N4O2/c1-4-11(21)19(3)8-12(22)18(2)7-10-17-5-6-20(10)9-13(14,15)16/h4-6H,1,7-9H2,2-3H3. The number of hydrogen-bond acceptors (Lipinski definition) is 3. The lowest BCUT2D eigenvalue weighted by Crippen LogP contribution is -2.39. The maximum Gasteiger partial charge on any atom is 0.406 e. The highest BCUT2D eigenvalue weighted by Crippen LogP contribution is 2.18. The van der Waals surface area contributed by atoms with Gasteiger partial charge in [-0.3, -0.25) is 9.59 Å². The van der Waals surface area contributed by atoms with Gasteiger partial charge in [0, 0.05) is 26.5 Å². The molecule has 22 heavy (non-hydrogen) atoms. The Balaban J connectivity index is 2.67. The molecule has 122 valence electrons. The van der Waals surface area contributed by atoms with Gasteiger partial charge in [0.15, 0.2) is 0 Å². The van der Waals surface area contributed by atoms with Gasteiger partial charge in [0.1, 0.15) is 12.4 Å². The minimum Gasteiger partial charge on any atom is -0.337 e. The van der Waals surface area contributed by atoms with Crippen LogP contribution < -0.4 is 0 Å². The van der Waals surface area contributed by atoms with Gasteiger partial charge in [-0.25, -0.2) is 4.98 Å².